The fourth-order valence-electron chi connectivity index (χ4n) is 2.83. The Balaban J connectivity index is 1.83. The third-order valence-electron chi connectivity index (χ3n) is 4.12. The molecule has 2 heterocycles. The van der Waals surface area contributed by atoms with Crippen molar-refractivity contribution in [1.29, 1.82) is 0 Å². The van der Waals surface area contributed by atoms with Gasteiger partial charge in [-0.25, -0.2) is 5.43 Å². The number of H-pyrrole nitrogens is 1. The second kappa shape index (κ2) is 8.00. The smallest absolute Gasteiger partial charge is 0.274 e. The van der Waals surface area contributed by atoms with Gasteiger partial charge in [-0.15, -0.1) is 10.2 Å². The fraction of sp³-hybridized carbons (Fsp3) is 0.412. The van der Waals surface area contributed by atoms with Crippen molar-refractivity contribution < 1.29 is 4.74 Å². The van der Waals surface area contributed by atoms with Gasteiger partial charge in [0.2, 0.25) is 5.95 Å². The Morgan fingerprint density at radius 2 is 2.00 bits per heavy atom. The normalized spacial score (nSPS) is 17.3. The van der Waals surface area contributed by atoms with Crippen LogP contribution in [0.1, 0.15) is 24.2 Å². The molecule has 0 amide bonds. The summed E-state index contributed by atoms with van der Waals surface area (Å²) in [5.74, 6) is 0.226. The van der Waals surface area contributed by atoms with Gasteiger partial charge in [-0.05, 0) is 19.4 Å². The van der Waals surface area contributed by atoms with Gasteiger partial charge in [-0.2, -0.15) is 5.10 Å². The number of aryl methyl sites for hydroxylation is 1. The Morgan fingerprint density at radius 1 is 1.28 bits per heavy atom. The molecule has 8 nitrogen and oxygen atoms in total. The third kappa shape index (κ3) is 4.28. The number of anilines is 1. The summed E-state index contributed by atoms with van der Waals surface area (Å²) in [6, 6.07) is 10.2. The Kier molecular flexibility index (Phi) is 5.52. The molecule has 0 spiro atoms. The first kappa shape index (κ1) is 17.2. The summed E-state index contributed by atoms with van der Waals surface area (Å²) in [7, 11) is 0. The zero-order chi connectivity index (χ0) is 17.6. The molecule has 0 aliphatic carbocycles. The SMILES string of the molecule is C/C(=N/Nc1nnc(C)c(=O)[nH]1)[C@H](c1ccccc1)N1CCOCC1. The molecule has 1 atom stereocenters. The molecule has 0 radical (unpaired) electrons. The van der Waals surface area contributed by atoms with E-state index >= 15 is 0 Å². The summed E-state index contributed by atoms with van der Waals surface area (Å²) >= 11 is 0. The van der Waals surface area contributed by atoms with E-state index in [0.717, 1.165) is 24.4 Å². The summed E-state index contributed by atoms with van der Waals surface area (Å²) in [5.41, 5.74) is 4.88. The highest BCUT2D eigenvalue weighted by Crippen LogP contribution is 2.23. The second-order valence-corrected chi connectivity index (χ2v) is 5.91. The van der Waals surface area contributed by atoms with E-state index in [4.69, 9.17) is 4.74 Å². The molecule has 0 saturated carbocycles. The molecule has 1 aliphatic heterocycles. The monoisotopic (exact) mass is 342 g/mol. The average Bonchev–Trinajstić information content (AvgIpc) is 2.65. The predicted molar refractivity (Wildman–Crippen MR) is 95.7 cm³/mol. The van der Waals surface area contributed by atoms with Crippen LogP contribution in [0.3, 0.4) is 0 Å². The predicted octanol–water partition coefficient (Wildman–Crippen LogP) is 1.33. The molecular formula is C17H22N6O2. The van der Waals surface area contributed by atoms with Gasteiger partial charge >= 0.3 is 0 Å². The fourth-order valence-corrected chi connectivity index (χ4v) is 2.83. The van der Waals surface area contributed by atoms with E-state index in [0.29, 0.717) is 18.9 Å². The quantitative estimate of drug-likeness (QED) is 0.629. The number of rotatable bonds is 5. The lowest BCUT2D eigenvalue weighted by molar-refractivity contribution is 0.0286. The maximum atomic E-state index is 11.6. The lowest BCUT2D eigenvalue weighted by Gasteiger charge is -2.34. The van der Waals surface area contributed by atoms with Gasteiger partial charge in [0.1, 0.15) is 5.69 Å². The van der Waals surface area contributed by atoms with Crippen LogP contribution in [0.15, 0.2) is 40.2 Å². The second-order valence-electron chi connectivity index (χ2n) is 5.91. The van der Waals surface area contributed by atoms with Crippen LogP contribution in [0.5, 0.6) is 0 Å². The molecule has 0 unspecified atom stereocenters. The zero-order valence-electron chi connectivity index (χ0n) is 14.4. The summed E-state index contributed by atoms with van der Waals surface area (Å²) in [5, 5.41) is 12.1. The van der Waals surface area contributed by atoms with E-state index < -0.39 is 0 Å². The van der Waals surface area contributed by atoms with Crippen molar-refractivity contribution in [2.24, 2.45) is 5.10 Å². The Hall–Kier alpha value is -2.58. The average molecular weight is 342 g/mol. The van der Waals surface area contributed by atoms with Crippen molar-refractivity contribution >= 4 is 11.7 Å². The molecule has 1 saturated heterocycles. The van der Waals surface area contributed by atoms with Gasteiger partial charge in [0.25, 0.3) is 5.56 Å². The highest BCUT2D eigenvalue weighted by Gasteiger charge is 2.25. The summed E-state index contributed by atoms with van der Waals surface area (Å²) < 4.78 is 5.46. The van der Waals surface area contributed by atoms with Gasteiger partial charge < -0.3 is 4.74 Å². The lowest BCUT2D eigenvalue weighted by Crippen LogP contribution is -2.41. The van der Waals surface area contributed by atoms with Crippen LogP contribution in [0.2, 0.25) is 0 Å². The van der Waals surface area contributed by atoms with Gasteiger partial charge in [0.05, 0.1) is 25.0 Å². The largest absolute Gasteiger partial charge is 0.379 e. The summed E-state index contributed by atoms with van der Waals surface area (Å²) in [6.45, 7) is 6.66. The first-order valence-corrected chi connectivity index (χ1v) is 8.25. The highest BCUT2D eigenvalue weighted by molar-refractivity contribution is 5.88. The van der Waals surface area contributed by atoms with E-state index in [1.807, 2.05) is 25.1 Å². The Morgan fingerprint density at radius 3 is 2.68 bits per heavy atom. The van der Waals surface area contributed by atoms with E-state index in [2.05, 4.69) is 42.7 Å². The minimum absolute atomic E-state index is 0.0303. The maximum Gasteiger partial charge on any atom is 0.274 e. The van der Waals surface area contributed by atoms with Crippen molar-refractivity contribution in [1.82, 2.24) is 20.1 Å². The first-order valence-electron chi connectivity index (χ1n) is 8.25. The number of aromatic nitrogens is 3. The van der Waals surface area contributed by atoms with Crippen molar-refractivity contribution in [3.05, 3.63) is 51.9 Å². The van der Waals surface area contributed by atoms with Crippen LogP contribution in [0, 0.1) is 6.92 Å². The minimum Gasteiger partial charge on any atom is -0.379 e. The third-order valence-corrected chi connectivity index (χ3v) is 4.12. The molecule has 2 N–H and O–H groups in total. The molecule has 1 aromatic heterocycles. The van der Waals surface area contributed by atoms with Crippen molar-refractivity contribution in [2.75, 3.05) is 31.7 Å². The molecule has 1 aliphatic rings. The topological polar surface area (TPSA) is 95.5 Å². The lowest BCUT2D eigenvalue weighted by atomic mass is 10.0. The molecule has 1 fully saturated rings. The Bertz CT molecular complexity index is 783. The molecule has 8 heteroatoms. The number of hydrogen-bond donors (Lipinski definition) is 2. The van der Waals surface area contributed by atoms with Crippen molar-refractivity contribution in [3.8, 4) is 0 Å². The van der Waals surface area contributed by atoms with Crippen LogP contribution in [-0.4, -0.2) is 52.1 Å². The van der Waals surface area contributed by atoms with E-state index in [9.17, 15) is 4.79 Å². The number of nitrogens with zero attached hydrogens (tertiary/aromatic N) is 4. The van der Waals surface area contributed by atoms with Crippen LogP contribution in [0.25, 0.3) is 0 Å². The number of hydrogen-bond acceptors (Lipinski definition) is 7. The van der Waals surface area contributed by atoms with Crippen LogP contribution in [0.4, 0.5) is 5.95 Å². The van der Waals surface area contributed by atoms with Gasteiger partial charge in [0.15, 0.2) is 0 Å². The molecule has 0 bridgehead atoms. The number of hydrazone groups is 1. The van der Waals surface area contributed by atoms with Crippen LogP contribution in [-0.2, 0) is 4.74 Å². The summed E-state index contributed by atoms with van der Waals surface area (Å²) in [6.07, 6.45) is 0. The molecule has 25 heavy (non-hydrogen) atoms. The standard InChI is InChI=1S/C17H22N6O2/c1-12(19-21-17-18-16(24)13(2)20-22-17)15(14-6-4-3-5-7-14)23-8-10-25-11-9-23/h3-7,15H,8-11H2,1-2H3,(H2,18,21,22,24)/b19-12-/t15-/m1/s1. The van der Waals surface area contributed by atoms with Crippen molar-refractivity contribution in [3.63, 3.8) is 0 Å². The minimum atomic E-state index is -0.279. The molecule has 3 rings (SSSR count). The van der Waals surface area contributed by atoms with E-state index in [1.165, 1.54) is 0 Å². The van der Waals surface area contributed by atoms with Gasteiger partial charge in [-0.1, -0.05) is 30.3 Å². The summed E-state index contributed by atoms with van der Waals surface area (Å²) in [4.78, 5) is 16.6. The molecule has 2 aromatic rings. The molecular weight excluding hydrogens is 320 g/mol. The number of ether oxygens (including phenoxy) is 1. The number of aromatic amines is 1. The van der Waals surface area contributed by atoms with Crippen LogP contribution < -0.4 is 11.0 Å². The van der Waals surface area contributed by atoms with E-state index in [-0.39, 0.29) is 17.5 Å². The van der Waals surface area contributed by atoms with Gasteiger partial charge in [-0.3, -0.25) is 14.7 Å². The van der Waals surface area contributed by atoms with Crippen LogP contribution >= 0.6 is 0 Å². The van der Waals surface area contributed by atoms with E-state index in [1.54, 1.807) is 6.92 Å². The first-order chi connectivity index (χ1) is 12.1. The number of benzene rings is 1. The number of nitrogens with one attached hydrogen (secondary N) is 2. The zero-order valence-corrected chi connectivity index (χ0v) is 14.4. The highest BCUT2D eigenvalue weighted by atomic mass is 16.5. The molecule has 1 aromatic carbocycles. The van der Waals surface area contributed by atoms with Crippen molar-refractivity contribution in [2.45, 2.75) is 19.9 Å². The van der Waals surface area contributed by atoms with Gasteiger partial charge in [0, 0.05) is 13.1 Å². The molecule has 132 valence electrons. The Labute approximate surface area is 145 Å². The maximum absolute atomic E-state index is 11.6. The number of morpholine rings is 1.